The molecule has 0 fully saturated rings. The topological polar surface area (TPSA) is 64.4 Å². The van der Waals surface area contributed by atoms with Crippen LogP contribution in [0.15, 0.2) is 22.7 Å². The van der Waals surface area contributed by atoms with Crippen LogP contribution in [-0.4, -0.2) is 17.7 Å². The normalized spacial score (nSPS) is 10.5. The van der Waals surface area contributed by atoms with Crippen molar-refractivity contribution < 1.29 is 14.1 Å². The number of hydrogen-bond donors (Lipinski definition) is 1. The first-order valence-electron chi connectivity index (χ1n) is 6.70. The van der Waals surface area contributed by atoms with E-state index in [2.05, 4.69) is 10.5 Å². The number of amides is 1. The Morgan fingerprint density at radius 2 is 2.19 bits per heavy atom. The van der Waals surface area contributed by atoms with Crippen LogP contribution in [0.5, 0.6) is 5.75 Å². The number of carbonyl (C=O) groups is 1. The fourth-order valence-electron chi connectivity index (χ4n) is 1.95. The molecule has 0 bridgehead atoms. The van der Waals surface area contributed by atoms with Crippen molar-refractivity contribution in [3.63, 3.8) is 0 Å². The number of benzene rings is 1. The second kappa shape index (κ2) is 6.63. The van der Waals surface area contributed by atoms with Crippen molar-refractivity contribution in [2.24, 2.45) is 0 Å². The zero-order valence-corrected chi connectivity index (χ0v) is 13.0. The van der Waals surface area contributed by atoms with E-state index in [0.29, 0.717) is 40.1 Å². The molecule has 0 radical (unpaired) electrons. The first-order valence-corrected chi connectivity index (χ1v) is 7.08. The minimum atomic E-state index is -0.296. The molecule has 0 spiro atoms. The van der Waals surface area contributed by atoms with Crippen LogP contribution in [0.25, 0.3) is 0 Å². The van der Waals surface area contributed by atoms with Crippen molar-refractivity contribution in [2.45, 2.75) is 27.2 Å². The van der Waals surface area contributed by atoms with Gasteiger partial charge in [0.15, 0.2) is 5.75 Å². The van der Waals surface area contributed by atoms with Crippen LogP contribution in [0.3, 0.4) is 0 Å². The highest BCUT2D eigenvalue weighted by Gasteiger charge is 2.19. The van der Waals surface area contributed by atoms with Crippen molar-refractivity contribution in [3.05, 3.63) is 40.2 Å². The minimum Gasteiger partial charge on any atom is -0.490 e. The summed E-state index contributed by atoms with van der Waals surface area (Å²) in [7, 11) is 0. The molecule has 1 aromatic carbocycles. The van der Waals surface area contributed by atoms with Gasteiger partial charge >= 0.3 is 0 Å². The van der Waals surface area contributed by atoms with E-state index in [1.165, 1.54) is 0 Å². The van der Waals surface area contributed by atoms with Crippen LogP contribution in [0.2, 0.25) is 5.02 Å². The summed E-state index contributed by atoms with van der Waals surface area (Å²) in [5, 5.41) is 7.03. The van der Waals surface area contributed by atoms with Crippen LogP contribution < -0.4 is 10.1 Å². The molecule has 0 saturated carbocycles. The van der Waals surface area contributed by atoms with Crippen molar-refractivity contribution in [1.82, 2.24) is 5.16 Å². The third-order valence-electron chi connectivity index (χ3n) is 2.93. The number of ether oxygens (including phenoxy) is 1. The minimum absolute atomic E-state index is 0.296. The summed E-state index contributed by atoms with van der Waals surface area (Å²) >= 11 is 6.13. The maximum Gasteiger partial charge on any atom is 0.261 e. The summed E-state index contributed by atoms with van der Waals surface area (Å²) in [4.78, 5) is 12.3. The Hall–Kier alpha value is -2.01. The second-order valence-electron chi connectivity index (χ2n) is 4.62. The van der Waals surface area contributed by atoms with E-state index in [1.807, 2.05) is 6.92 Å². The summed E-state index contributed by atoms with van der Waals surface area (Å²) in [5.41, 5.74) is 1.50. The Morgan fingerprint density at radius 1 is 1.43 bits per heavy atom. The Morgan fingerprint density at radius 3 is 2.81 bits per heavy atom. The lowest BCUT2D eigenvalue weighted by Gasteiger charge is -2.13. The Labute approximate surface area is 128 Å². The van der Waals surface area contributed by atoms with Crippen LogP contribution in [0, 0.1) is 13.8 Å². The molecule has 0 aliphatic carbocycles. The number of halogens is 1. The van der Waals surface area contributed by atoms with Gasteiger partial charge in [0.1, 0.15) is 11.3 Å². The predicted octanol–water partition coefficient (Wildman–Crippen LogP) is 3.99. The first-order chi connectivity index (χ1) is 10.0. The standard InChI is InChI=1S/C15H17ClN2O3/c1-4-8-20-14-11(16)6-5-7-12(14)17-15(19)13-9(2)18-21-10(13)3/h5-7H,4,8H2,1-3H3,(H,17,19). The van der Waals surface area contributed by atoms with Gasteiger partial charge in [-0.05, 0) is 32.4 Å². The maximum absolute atomic E-state index is 12.3. The van der Waals surface area contributed by atoms with Gasteiger partial charge in [0, 0.05) is 0 Å². The molecule has 0 aliphatic rings. The highest BCUT2D eigenvalue weighted by Crippen LogP contribution is 2.33. The molecule has 2 aromatic rings. The van der Waals surface area contributed by atoms with Crippen molar-refractivity contribution in [2.75, 3.05) is 11.9 Å². The number of anilines is 1. The van der Waals surface area contributed by atoms with Gasteiger partial charge in [0.2, 0.25) is 0 Å². The van der Waals surface area contributed by atoms with E-state index in [1.54, 1.807) is 32.0 Å². The van der Waals surface area contributed by atoms with Crippen LogP contribution in [0.4, 0.5) is 5.69 Å². The molecule has 1 amide bonds. The first kappa shape index (κ1) is 15.4. The third-order valence-corrected chi connectivity index (χ3v) is 3.22. The van der Waals surface area contributed by atoms with E-state index in [-0.39, 0.29) is 5.91 Å². The van der Waals surface area contributed by atoms with Gasteiger partial charge in [-0.25, -0.2) is 0 Å². The number of aryl methyl sites for hydroxylation is 2. The lowest BCUT2D eigenvalue weighted by molar-refractivity contribution is 0.102. The summed E-state index contributed by atoms with van der Waals surface area (Å²) in [6.07, 6.45) is 0.850. The van der Waals surface area contributed by atoms with E-state index >= 15 is 0 Å². The lowest BCUT2D eigenvalue weighted by Crippen LogP contribution is -2.14. The van der Waals surface area contributed by atoms with Crippen LogP contribution in [0.1, 0.15) is 35.2 Å². The zero-order valence-electron chi connectivity index (χ0n) is 12.2. The van der Waals surface area contributed by atoms with Crippen molar-refractivity contribution in [1.29, 1.82) is 0 Å². The van der Waals surface area contributed by atoms with Crippen LogP contribution >= 0.6 is 11.6 Å². The smallest absolute Gasteiger partial charge is 0.261 e. The van der Waals surface area contributed by atoms with E-state index in [4.69, 9.17) is 20.9 Å². The molecule has 0 atom stereocenters. The largest absolute Gasteiger partial charge is 0.490 e. The molecule has 6 heteroatoms. The molecule has 112 valence electrons. The molecule has 2 rings (SSSR count). The summed E-state index contributed by atoms with van der Waals surface area (Å²) in [5.74, 6) is 0.652. The molecule has 1 N–H and O–H groups in total. The van der Waals surface area contributed by atoms with E-state index < -0.39 is 0 Å². The molecule has 5 nitrogen and oxygen atoms in total. The quantitative estimate of drug-likeness (QED) is 0.907. The van der Waals surface area contributed by atoms with Gasteiger partial charge < -0.3 is 14.6 Å². The number of para-hydroxylation sites is 1. The average molecular weight is 309 g/mol. The Bertz CT molecular complexity index is 633. The summed E-state index contributed by atoms with van der Waals surface area (Å²) < 4.78 is 10.6. The Kier molecular flexibility index (Phi) is 4.85. The summed E-state index contributed by atoms with van der Waals surface area (Å²) in [6.45, 7) is 5.94. The van der Waals surface area contributed by atoms with Gasteiger partial charge in [-0.2, -0.15) is 0 Å². The third kappa shape index (κ3) is 3.36. The zero-order chi connectivity index (χ0) is 15.4. The molecule has 1 aromatic heterocycles. The number of nitrogens with one attached hydrogen (secondary N) is 1. The summed E-state index contributed by atoms with van der Waals surface area (Å²) in [6, 6.07) is 5.22. The average Bonchev–Trinajstić information content (AvgIpc) is 2.77. The SMILES string of the molecule is CCCOc1c(Cl)cccc1NC(=O)c1c(C)noc1C. The van der Waals surface area contributed by atoms with Gasteiger partial charge in [-0.15, -0.1) is 0 Å². The molecule has 0 unspecified atom stereocenters. The van der Waals surface area contributed by atoms with Gasteiger partial charge in [-0.1, -0.05) is 29.7 Å². The monoisotopic (exact) mass is 308 g/mol. The Balaban J connectivity index is 2.27. The lowest BCUT2D eigenvalue weighted by atomic mass is 10.2. The maximum atomic E-state index is 12.3. The number of nitrogens with zero attached hydrogens (tertiary/aromatic N) is 1. The van der Waals surface area contributed by atoms with Crippen LogP contribution in [-0.2, 0) is 0 Å². The second-order valence-corrected chi connectivity index (χ2v) is 5.03. The molecular weight excluding hydrogens is 292 g/mol. The van der Waals surface area contributed by atoms with Gasteiger partial charge in [0.05, 0.1) is 23.0 Å². The number of aromatic nitrogens is 1. The van der Waals surface area contributed by atoms with Crippen molar-refractivity contribution >= 4 is 23.2 Å². The van der Waals surface area contributed by atoms with Gasteiger partial charge in [0.25, 0.3) is 5.91 Å². The molecule has 0 saturated heterocycles. The van der Waals surface area contributed by atoms with E-state index in [0.717, 1.165) is 6.42 Å². The number of carbonyl (C=O) groups excluding carboxylic acids is 1. The number of rotatable bonds is 5. The fourth-order valence-corrected chi connectivity index (χ4v) is 2.18. The molecule has 1 heterocycles. The predicted molar refractivity (Wildman–Crippen MR) is 81.2 cm³/mol. The molecule has 21 heavy (non-hydrogen) atoms. The fraction of sp³-hybridized carbons (Fsp3) is 0.333. The highest BCUT2D eigenvalue weighted by atomic mass is 35.5. The highest BCUT2D eigenvalue weighted by molar-refractivity contribution is 6.32. The molecule has 0 aliphatic heterocycles. The number of hydrogen-bond acceptors (Lipinski definition) is 4. The van der Waals surface area contributed by atoms with E-state index in [9.17, 15) is 4.79 Å². The van der Waals surface area contributed by atoms with Crippen molar-refractivity contribution in [3.8, 4) is 5.75 Å². The molecular formula is C15H17ClN2O3. The van der Waals surface area contributed by atoms with Gasteiger partial charge in [-0.3, -0.25) is 4.79 Å².